The standard InChI is InChI=1S/C54H54N10O12/c65-47(43-29-33-11-1-5-15-37(33)51(69)61(43)73)55-21-25-59(26-22-56-48(66)44-30-34-12-2-6-16-38(34)52(70)62(44)74)41-19-9-10-20-42(41)60(27-23-57-49(67)45-31-35-13-3-7-17-39(35)53(71)63(45)75)28-24-58-50(68)46-32-36-14-4-8-18-40(36)54(72)64(46)76/h1-8,11-18,29-32,41-42,73-76H,9-10,19-28H2,(H,55,65)(H,56,66)(H,57,67)(H,58,68)/t41-,42-/m1/s1. The summed E-state index contributed by atoms with van der Waals surface area (Å²) < 4.78 is 1.18. The number of benzene rings is 4. The first-order chi connectivity index (χ1) is 36.7. The minimum Gasteiger partial charge on any atom is -0.425 e. The van der Waals surface area contributed by atoms with Gasteiger partial charge in [0.05, 0.1) is 21.5 Å². The average Bonchev–Trinajstić information content (AvgIpc) is 3.46. The molecule has 1 aliphatic rings. The quantitative estimate of drug-likeness (QED) is 0.0574. The number of rotatable bonds is 18. The van der Waals surface area contributed by atoms with Crippen LogP contribution < -0.4 is 43.5 Å². The number of nitrogens with zero attached hydrogens (tertiary/aromatic N) is 6. The van der Waals surface area contributed by atoms with Gasteiger partial charge >= 0.3 is 0 Å². The van der Waals surface area contributed by atoms with E-state index in [1.165, 1.54) is 48.5 Å². The Morgan fingerprint density at radius 3 is 0.855 bits per heavy atom. The van der Waals surface area contributed by atoms with Crippen molar-refractivity contribution in [2.75, 3.05) is 52.4 Å². The van der Waals surface area contributed by atoms with Crippen molar-refractivity contribution in [1.29, 1.82) is 0 Å². The molecule has 1 fully saturated rings. The molecular weight excluding hydrogens is 981 g/mol. The molecule has 4 heterocycles. The molecule has 0 spiro atoms. The Balaban J connectivity index is 0.978. The van der Waals surface area contributed by atoms with Crippen molar-refractivity contribution in [3.05, 3.63) is 186 Å². The Bertz CT molecular complexity index is 3330. The van der Waals surface area contributed by atoms with E-state index in [0.29, 0.717) is 53.3 Å². The highest BCUT2D eigenvalue weighted by Crippen LogP contribution is 2.28. The molecule has 392 valence electrons. The van der Waals surface area contributed by atoms with Crippen LogP contribution in [0.15, 0.2) is 141 Å². The fourth-order valence-electron chi connectivity index (χ4n) is 10.1. The summed E-state index contributed by atoms with van der Waals surface area (Å²) in [7, 11) is 0. The lowest BCUT2D eigenvalue weighted by Gasteiger charge is -2.45. The van der Waals surface area contributed by atoms with Crippen LogP contribution in [0, 0.1) is 0 Å². The third kappa shape index (κ3) is 10.6. The molecule has 76 heavy (non-hydrogen) atoms. The second kappa shape index (κ2) is 22.5. The molecule has 0 unspecified atom stereocenters. The Hall–Kier alpha value is -9.28. The minimum atomic E-state index is -0.774. The van der Waals surface area contributed by atoms with Gasteiger partial charge in [0.15, 0.2) is 0 Å². The second-order valence-corrected chi connectivity index (χ2v) is 18.4. The Morgan fingerprint density at radius 2 is 0.618 bits per heavy atom. The molecule has 8 N–H and O–H groups in total. The van der Waals surface area contributed by atoms with E-state index in [2.05, 4.69) is 21.3 Å². The SMILES string of the molecule is O=C(NCCN(CCNC(=O)c1cc2ccccc2c(=O)n1O)[C@@H]1CCCC[C@H]1N(CCNC(=O)c1cc2ccccc2c(=O)n1O)CCNC(=O)c1cc2ccccc2c(=O)n1O)c1cc2ccccc2c(=O)n1O. The lowest BCUT2D eigenvalue weighted by molar-refractivity contribution is 0.0469. The number of nitrogens with one attached hydrogen (secondary N) is 4. The smallest absolute Gasteiger partial charge is 0.291 e. The van der Waals surface area contributed by atoms with E-state index in [1.807, 2.05) is 9.80 Å². The van der Waals surface area contributed by atoms with Crippen molar-refractivity contribution in [1.82, 2.24) is 50.0 Å². The summed E-state index contributed by atoms with van der Waals surface area (Å²) >= 11 is 0. The number of fused-ring (bicyclic) bond motifs is 4. The molecule has 22 nitrogen and oxygen atoms in total. The van der Waals surface area contributed by atoms with E-state index in [0.717, 1.165) is 12.8 Å². The molecular formula is C54H54N10O12. The minimum absolute atomic E-state index is 0.00672. The number of pyridine rings is 4. The molecule has 0 radical (unpaired) electrons. The molecule has 9 rings (SSSR count). The van der Waals surface area contributed by atoms with E-state index in [1.54, 1.807) is 72.8 Å². The molecule has 0 bridgehead atoms. The van der Waals surface area contributed by atoms with Gasteiger partial charge in [-0.3, -0.25) is 48.2 Å². The zero-order valence-corrected chi connectivity index (χ0v) is 40.9. The summed E-state index contributed by atoms with van der Waals surface area (Å²) in [4.78, 5) is 111. The van der Waals surface area contributed by atoms with Crippen LogP contribution in [0.4, 0.5) is 0 Å². The maximum Gasteiger partial charge on any atom is 0.291 e. The molecule has 22 heteroatoms. The number of hydrogen-bond acceptors (Lipinski definition) is 14. The lowest BCUT2D eigenvalue weighted by atomic mass is 9.87. The normalized spacial score (nSPS) is 14.6. The average molecular weight is 1040 g/mol. The van der Waals surface area contributed by atoms with Gasteiger partial charge in [0.25, 0.3) is 45.9 Å². The third-order valence-corrected chi connectivity index (χ3v) is 13.9. The molecule has 1 saturated carbocycles. The highest BCUT2D eigenvalue weighted by molar-refractivity contribution is 5.99. The van der Waals surface area contributed by atoms with Crippen LogP contribution >= 0.6 is 0 Å². The summed E-state index contributed by atoms with van der Waals surface area (Å²) in [5, 5.41) is 56.9. The van der Waals surface area contributed by atoms with Crippen LogP contribution in [0.2, 0.25) is 0 Å². The summed E-state index contributed by atoms with van der Waals surface area (Å²) in [5.41, 5.74) is -4.25. The van der Waals surface area contributed by atoms with E-state index in [4.69, 9.17) is 0 Å². The fourth-order valence-corrected chi connectivity index (χ4v) is 10.1. The van der Waals surface area contributed by atoms with Crippen LogP contribution in [0.5, 0.6) is 0 Å². The maximum atomic E-state index is 13.7. The fraction of sp³-hybridized carbons (Fsp3) is 0.259. The molecule has 0 aliphatic heterocycles. The first-order valence-corrected chi connectivity index (χ1v) is 24.7. The predicted molar refractivity (Wildman–Crippen MR) is 280 cm³/mol. The topological polar surface area (TPSA) is 292 Å². The van der Waals surface area contributed by atoms with Crippen LogP contribution in [-0.4, -0.2) is 138 Å². The monoisotopic (exact) mass is 1030 g/mol. The zero-order valence-electron chi connectivity index (χ0n) is 40.9. The highest BCUT2D eigenvalue weighted by atomic mass is 16.5. The second-order valence-electron chi connectivity index (χ2n) is 18.4. The zero-order chi connectivity index (χ0) is 53.6. The lowest BCUT2D eigenvalue weighted by Crippen LogP contribution is -2.58. The molecule has 8 aromatic rings. The first kappa shape index (κ1) is 51.6. The summed E-state index contributed by atoms with van der Waals surface area (Å²) in [5.74, 6) is -2.93. The van der Waals surface area contributed by atoms with Gasteiger partial charge in [-0.1, -0.05) is 85.6 Å². The molecule has 1 aliphatic carbocycles. The number of carbonyl (C=O) groups excluding carboxylic acids is 4. The van der Waals surface area contributed by atoms with Crippen LogP contribution in [0.25, 0.3) is 43.1 Å². The molecule has 4 amide bonds. The molecule has 2 atom stereocenters. The van der Waals surface area contributed by atoms with E-state index >= 15 is 0 Å². The van der Waals surface area contributed by atoms with Gasteiger partial charge < -0.3 is 42.1 Å². The largest absolute Gasteiger partial charge is 0.425 e. The maximum absolute atomic E-state index is 13.7. The van der Waals surface area contributed by atoms with Crippen LogP contribution in [0.1, 0.15) is 67.6 Å². The molecule has 0 saturated heterocycles. The van der Waals surface area contributed by atoms with Gasteiger partial charge in [-0.2, -0.15) is 0 Å². The van der Waals surface area contributed by atoms with Crippen molar-refractivity contribution >= 4 is 66.7 Å². The van der Waals surface area contributed by atoms with Crippen molar-refractivity contribution in [2.24, 2.45) is 0 Å². The Labute approximate surface area is 431 Å². The van der Waals surface area contributed by atoms with Crippen molar-refractivity contribution in [3.8, 4) is 0 Å². The number of carbonyl (C=O) groups is 4. The number of amides is 4. The van der Waals surface area contributed by atoms with Gasteiger partial charge in [-0.05, 0) is 82.9 Å². The van der Waals surface area contributed by atoms with Gasteiger partial charge in [0.1, 0.15) is 22.8 Å². The summed E-state index contributed by atoms with van der Waals surface area (Å²) in [6, 6.07) is 31.0. The van der Waals surface area contributed by atoms with Gasteiger partial charge in [-0.25, -0.2) is 0 Å². The van der Waals surface area contributed by atoms with Gasteiger partial charge in [-0.15, -0.1) is 18.9 Å². The third-order valence-electron chi connectivity index (χ3n) is 13.9. The van der Waals surface area contributed by atoms with E-state index in [-0.39, 0.29) is 109 Å². The Kier molecular flexibility index (Phi) is 15.3. The number of aromatic nitrogens is 4. The van der Waals surface area contributed by atoms with Crippen LogP contribution in [-0.2, 0) is 0 Å². The first-order valence-electron chi connectivity index (χ1n) is 24.7. The van der Waals surface area contributed by atoms with Crippen LogP contribution in [0.3, 0.4) is 0 Å². The van der Waals surface area contributed by atoms with Crippen molar-refractivity contribution in [3.63, 3.8) is 0 Å². The van der Waals surface area contributed by atoms with Crippen molar-refractivity contribution < 1.29 is 40.0 Å². The Morgan fingerprint density at radius 1 is 0.395 bits per heavy atom. The van der Waals surface area contributed by atoms with Crippen molar-refractivity contribution in [2.45, 2.75) is 37.8 Å². The summed E-state index contributed by atoms with van der Waals surface area (Å²) in [6.45, 7) is 0.640. The van der Waals surface area contributed by atoms with E-state index < -0.39 is 45.9 Å². The molecule has 4 aromatic carbocycles. The molecule has 4 aromatic heterocycles. The van der Waals surface area contributed by atoms with Gasteiger partial charge in [0, 0.05) is 64.4 Å². The van der Waals surface area contributed by atoms with E-state index in [9.17, 15) is 59.2 Å². The highest BCUT2D eigenvalue weighted by Gasteiger charge is 2.34. The number of hydrogen-bond donors (Lipinski definition) is 8. The summed E-state index contributed by atoms with van der Waals surface area (Å²) in [6.07, 6.45) is 2.74. The van der Waals surface area contributed by atoms with Gasteiger partial charge in [0.2, 0.25) is 0 Å². The predicted octanol–water partition coefficient (Wildman–Crippen LogP) is 2.83.